The van der Waals surface area contributed by atoms with Crippen molar-refractivity contribution in [3.05, 3.63) is 29.6 Å². The van der Waals surface area contributed by atoms with Crippen molar-refractivity contribution < 1.29 is 14.3 Å². The molecule has 1 aromatic carbocycles. The molecule has 0 aliphatic carbocycles. The summed E-state index contributed by atoms with van der Waals surface area (Å²) in [5.41, 5.74) is -0.441. The fourth-order valence-electron chi connectivity index (χ4n) is 1.69. The lowest BCUT2D eigenvalue weighted by Gasteiger charge is -2.28. The summed E-state index contributed by atoms with van der Waals surface area (Å²) in [5, 5.41) is 9.65. The Balaban J connectivity index is 3.07. The van der Waals surface area contributed by atoms with Gasteiger partial charge in [0.1, 0.15) is 5.82 Å². The first-order valence-electron chi connectivity index (χ1n) is 5.02. The van der Waals surface area contributed by atoms with E-state index in [1.54, 1.807) is 31.9 Å². The van der Waals surface area contributed by atoms with Crippen LogP contribution >= 0.6 is 0 Å². The number of para-hydroxylation sites is 1. The number of hydrogen-bond acceptors (Lipinski definition) is 3. The van der Waals surface area contributed by atoms with Crippen molar-refractivity contribution in [2.24, 2.45) is 0 Å². The summed E-state index contributed by atoms with van der Waals surface area (Å²) < 4.78 is 13.6. The van der Waals surface area contributed by atoms with Crippen molar-refractivity contribution in [2.45, 2.75) is 19.4 Å². The van der Waals surface area contributed by atoms with Crippen molar-refractivity contribution in [3.63, 3.8) is 0 Å². The molecule has 0 aromatic heterocycles. The first kappa shape index (κ1) is 12.6. The third kappa shape index (κ3) is 3.03. The van der Waals surface area contributed by atoms with Crippen LogP contribution in [-0.4, -0.2) is 30.6 Å². The third-order valence-electron chi connectivity index (χ3n) is 2.15. The molecule has 0 unspecified atom stereocenters. The van der Waals surface area contributed by atoms with E-state index in [9.17, 15) is 14.3 Å². The van der Waals surface area contributed by atoms with Crippen LogP contribution in [0.1, 0.15) is 24.2 Å². The molecule has 0 fully saturated rings. The maximum absolute atomic E-state index is 13.6. The van der Waals surface area contributed by atoms with E-state index in [0.29, 0.717) is 6.29 Å². The average Bonchev–Trinajstić information content (AvgIpc) is 2.14. The maximum atomic E-state index is 13.6. The molecule has 16 heavy (non-hydrogen) atoms. The van der Waals surface area contributed by atoms with Gasteiger partial charge in [0.05, 0.1) is 11.3 Å². The van der Waals surface area contributed by atoms with Crippen molar-refractivity contribution >= 4 is 12.0 Å². The molecule has 0 spiro atoms. The van der Waals surface area contributed by atoms with Gasteiger partial charge in [0.25, 0.3) is 0 Å². The number of hydrogen-bond donors (Lipinski definition) is 1. The summed E-state index contributed by atoms with van der Waals surface area (Å²) >= 11 is 0. The van der Waals surface area contributed by atoms with Crippen molar-refractivity contribution in [2.75, 3.05) is 18.5 Å². The van der Waals surface area contributed by atoms with Crippen LogP contribution in [0.3, 0.4) is 0 Å². The average molecular weight is 225 g/mol. The minimum Gasteiger partial charge on any atom is -0.389 e. The largest absolute Gasteiger partial charge is 0.389 e. The molecule has 0 heterocycles. The van der Waals surface area contributed by atoms with E-state index in [1.165, 1.54) is 12.1 Å². The van der Waals surface area contributed by atoms with Gasteiger partial charge >= 0.3 is 0 Å². The zero-order valence-electron chi connectivity index (χ0n) is 9.70. The molecule has 0 radical (unpaired) electrons. The summed E-state index contributed by atoms with van der Waals surface area (Å²) in [6, 6.07) is 4.33. The van der Waals surface area contributed by atoms with Gasteiger partial charge in [-0.2, -0.15) is 0 Å². The van der Waals surface area contributed by atoms with Crippen LogP contribution < -0.4 is 4.90 Å². The molecule has 0 amide bonds. The first-order chi connectivity index (χ1) is 7.35. The molecule has 0 saturated heterocycles. The molecule has 1 N–H and O–H groups in total. The molecular weight excluding hydrogens is 209 g/mol. The molecule has 4 heteroatoms. The highest BCUT2D eigenvalue weighted by atomic mass is 19.1. The highest BCUT2D eigenvalue weighted by molar-refractivity contribution is 5.84. The Morgan fingerprint density at radius 1 is 1.50 bits per heavy atom. The molecule has 0 atom stereocenters. The van der Waals surface area contributed by atoms with Crippen LogP contribution in [0.2, 0.25) is 0 Å². The summed E-state index contributed by atoms with van der Waals surface area (Å²) in [7, 11) is 1.64. The number of nitrogens with zero attached hydrogens (tertiary/aromatic N) is 1. The van der Waals surface area contributed by atoms with Crippen LogP contribution in [0.15, 0.2) is 18.2 Å². The number of benzene rings is 1. The monoisotopic (exact) mass is 225 g/mol. The van der Waals surface area contributed by atoms with E-state index in [4.69, 9.17) is 0 Å². The van der Waals surface area contributed by atoms with Gasteiger partial charge in [0.2, 0.25) is 0 Å². The number of anilines is 1. The predicted octanol–water partition coefficient (Wildman–Crippen LogP) is 1.85. The van der Waals surface area contributed by atoms with Crippen LogP contribution in [0.5, 0.6) is 0 Å². The Morgan fingerprint density at radius 2 is 2.12 bits per heavy atom. The van der Waals surface area contributed by atoms with Gasteiger partial charge in [-0.1, -0.05) is 6.07 Å². The molecule has 1 rings (SSSR count). The zero-order valence-corrected chi connectivity index (χ0v) is 9.70. The lowest BCUT2D eigenvalue weighted by atomic mass is 10.1. The fourth-order valence-corrected chi connectivity index (χ4v) is 1.69. The standard InChI is InChI=1S/C12H16FNO2/c1-12(2,16)8-14(3)11-9(7-15)5-4-6-10(11)13/h4-7,16H,8H2,1-3H3. The summed E-state index contributed by atoms with van der Waals surface area (Å²) in [4.78, 5) is 12.3. The fraction of sp³-hybridized carbons (Fsp3) is 0.417. The lowest BCUT2D eigenvalue weighted by Crippen LogP contribution is -2.37. The van der Waals surface area contributed by atoms with Crippen molar-refractivity contribution in [3.8, 4) is 0 Å². The number of likely N-dealkylation sites (N-methyl/N-ethyl adjacent to an activating group) is 1. The Hall–Kier alpha value is -1.42. The molecular formula is C12H16FNO2. The number of carbonyl (C=O) groups excluding carboxylic acids is 1. The topological polar surface area (TPSA) is 40.5 Å². The van der Waals surface area contributed by atoms with E-state index in [2.05, 4.69) is 0 Å². The minimum absolute atomic E-state index is 0.222. The normalized spacial score (nSPS) is 11.3. The summed E-state index contributed by atoms with van der Waals surface area (Å²) in [5.74, 6) is -0.462. The second-order valence-corrected chi connectivity index (χ2v) is 4.46. The zero-order chi connectivity index (χ0) is 12.3. The van der Waals surface area contributed by atoms with E-state index >= 15 is 0 Å². The van der Waals surface area contributed by atoms with E-state index in [0.717, 1.165) is 0 Å². The van der Waals surface area contributed by atoms with Crippen LogP contribution in [0, 0.1) is 5.82 Å². The smallest absolute Gasteiger partial charge is 0.152 e. The number of aldehydes is 1. The number of rotatable bonds is 4. The molecule has 0 aliphatic heterocycles. The van der Waals surface area contributed by atoms with Gasteiger partial charge < -0.3 is 10.0 Å². The van der Waals surface area contributed by atoms with Crippen LogP contribution in [-0.2, 0) is 0 Å². The van der Waals surface area contributed by atoms with E-state index in [1.807, 2.05) is 0 Å². The first-order valence-corrected chi connectivity index (χ1v) is 5.02. The van der Waals surface area contributed by atoms with Gasteiger partial charge in [-0.3, -0.25) is 4.79 Å². The Morgan fingerprint density at radius 3 is 2.62 bits per heavy atom. The van der Waals surface area contributed by atoms with Crippen LogP contribution in [0.25, 0.3) is 0 Å². The maximum Gasteiger partial charge on any atom is 0.152 e. The Bertz CT molecular complexity index is 385. The predicted molar refractivity (Wildman–Crippen MR) is 61.4 cm³/mol. The molecule has 1 aromatic rings. The second kappa shape index (κ2) is 4.61. The van der Waals surface area contributed by atoms with Gasteiger partial charge in [0.15, 0.2) is 6.29 Å². The number of halogens is 1. The molecule has 88 valence electrons. The quantitative estimate of drug-likeness (QED) is 0.795. The number of aliphatic hydroxyl groups is 1. The highest BCUT2D eigenvalue weighted by Crippen LogP contribution is 2.23. The lowest BCUT2D eigenvalue weighted by molar-refractivity contribution is 0.0883. The minimum atomic E-state index is -0.947. The van der Waals surface area contributed by atoms with Gasteiger partial charge in [-0.15, -0.1) is 0 Å². The van der Waals surface area contributed by atoms with Gasteiger partial charge in [0, 0.05) is 19.2 Å². The van der Waals surface area contributed by atoms with E-state index in [-0.39, 0.29) is 17.8 Å². The Kier molecular flexibility index (Phi) is 3.65. The summed E-state index contributed by atoms with van der Waals surface area (Å²) in [6.07, 6.45) is 0.610. The Labute approximate surface area is 94.5 Å². The third-order valence-corrected chi connectivity index (χ3v) is 2.15. The number of carbonyl (C=O) groups is 1. The molecule has 0 aliphatic rings. The second-order valence-electron chi connectivity index (χ2n) is 4.46. The van der Waals surface area contributed by atoms with Gasteiger partial charge in [-0.05, 0) is 26.0 Å². The molecule has 3 nitrogen and oxygen atoms in total. The van der Waals surface area contributed by atoms with Crippen molar-refractivity contribution in [1.29, 1.82) is 0 Å². The summed E-state index contributed by atoms with van der Waals surface area (Å²) in [6.45, 7) is 3.50. The van der Waals surface area contributed by atoms with Gasteiger partial charge in [-0.25, -0.2) is 4.39 Å². The molecule has 0 saturated carbocycles. The van der Waals surface area contributed by atoms with E-state index < -0.39 is 11.4 Å². The molecule has 0 bridgehead atoms. The SMILES string of the molecule is CN(CC(C)(C)O)c1c(F)cccc1C=O. The van der Waals surface area contributed by atoms with Crippen molar-refractivity contribution in [1.82, 2.24) is 0 Å². The van der Waals surface area contributed by atoms with Crippen LogP contribution in [0.4, 0.5) is 10.1 Å². The highest BCUT2D eigenvalue weighted by Gasteiger charge is 2.19.